The second-order valence-corrected chi connectivity index (χ2v) is 7.93. The highest BCUT2D eigenvalue weighted by molar-refractivity contribution is 5.94. The molecule has 0 saturated heterocycles. The van der Waals surface area contributed by atoms with Gasteiger partial charge in [-0.3, -0.25) is 9.69 Å². The first-order valence-corrected chi connectivity index (χ1v) is 9.85. The fourth-order valence-electron chi connectivity index (χ4n) is 3.63. The number of rotatable bonds is 7. The van der Waals surface area contributed by atoms with Gasteiger partial charge in [0.15, 0.2) is 5.69 Å². The maximum Gasteiger partial charge on any atom is 0.272 e. The van der Waals surface area contributed by atoms with Crippen LogP contribution < -0.4 is 5.32 Å². The first-order valence-electron chi connectivity index (χ1n) is 9.85. The Bertz CT molecular complexity index is 842. The van der Waals surface area contributed by atoms with Crippen LogP contribution in [0, 0.1) is 5.92 Å². The summed E-state index contributed by atoms with van der Waals surface area (Å²) in [6.07, 6.45) is 0. The number of imidazole rings is 1. The molecule has 0 saturated carbocycles. The largest absolute Gasteiger partial charge is 0.394 e. The first kappa shape index (κ1) is 20.3. The van der Waals surface area contributed by atoms with Gasteiger partial charge in [-0.2, -0.15) is 0 Å². The van der Waals surface area contributed by atoms with Gasteiger partial charge in [0, 0.05) is 31.7 Å². The molecule has 3 rings (SSSR count). The van der Waals surface area contributed by atoms with Crippen molar-refractivity contribution < 1.29 is 9.90 Å². The molecule has 6 nitrogen and oxygen atoms in total. The van der Waals surface area contributed by atoms with Crippen LogP contribution in [0.1, 0.15) is 37.0 Å². The minimum absolute atomic E-state index is 0.178. The third kappa shape index (κ3) is 4.34. The van der Waals surface area contributed by atoms with Crippen molar-refractivity contribution in [2.75, 3.05) is 19.7 Å². The number of amides is 1. The van der Waals surface area contributed by atoms with E-state index in [1.807, 2.05) is 30.3 Å². The molecule has 2 N–H and O–H groups in total. The lowest BCUT2D eigenvalue weighted by Crippen LogP contribution is -2.40. The Kier molecular flexibility index (Phi) is 6.31. The number of hydrogen-bond acceptors (Lipinski definition) is 4. The molecule has 0 fully saturated rings. The van der Waals surface area contributed by atoms with Gasteiger partial charge in [-0.05, 0) is 12.8 Å². The molecule has 1 aliphatic heterocycles. The molecule has 1 atom stereocenters. The zero-order valence-electron chi connectivity index (χ0n) is 17.0. The van der Waals surface area contributed by atoms with E-state index in [1.165, 1.54) is 0 Å². The highest BCUT2D eigenvalue weighted by Gasteiger charge is 2.29. The molecule has 1 aromatic heterocycles. The monoisotopic (exact) mass is 382 g/mol. The standard InChI is InChI=1S/C22H30N4O2/c1-15(2)12-25-10-11-26-19(13-25)20(22(28)23-18(14-27)16(3)4)24-21(26)17-8-6-5-7-9-17/h5-9,15,18,27H,3,10-14H2,1-2,4H3,(H,23,28)/t18-/m0/s1. The number of fused-ring (bicyclic) bond motifs is 1. The quantitative estimate of drug-likeness (QED) is 0.723. The molecule has 6 heteroatoms. The third-order valence-electron chi connectivity index (χ3n) is 5.04. The van der Waals surface area contributed by atoms with E-state index in [0.717, 1.165) is 36.7 Å². The summed E-state index contributed by atoms with van der Waals surface area (Å²) in [5.74, 6) is 1.11. The van der Waals surface area contributed by atoms with Gasteiger partial charge in [-0.15, -0.1) is 0 Å². The van der Waals surface area contributed by atoms with Gasteiger partial charge in [0.05, 0.1) is 18.3 Å². The molecular weight excluding hydrogens is 352 g/mol. The van der Waals surface area contributed by atoms with Crippen LogP contribution in [0.2, 0.25) is 0 Å². The highest BCUT2D eigenvalue weighted by atomic mass is 16.3. The minimum Gasteiger partial charge on any atom is -0.394 e. The number of aromatic nitrogens is 2. The lowest BCUT2D eigenvalue weighted by Gasteiger charge is -2.30. The van der Waals surface area contributed by atoms with E-state index in [9.17, 15) is 9.90 Å². The number of hydrogen-bond donors (Lipinski definition) is 2. The molecule has 0 bridgehead atoms. The highest BCUT2D eigenvalue weighted by Crippen LogP contribution is 2.27. The van der Waals surface area contributed by atoms with Crippen molar-refractivity contribution >= 4 is 5.91 Å². The molecule has 0 spiro atoms. The molecule has 1 aromatic carbocycles. The van der Waals surface area contributed by atoms with E-state index in [4.69, 9.17) is 4.98 Å². The van der Waals surface area contributed by atoms with Crippen LogP contribution in [0.3, 0.4) is 0 Å². The number of aliphatic hydroxyl groups is 1. The normalized spacial score (nSPS) is 15.3. The summed E-state index contributed by atoms with van der Waals surface area (Å²) in [6, 6.07) is 9.49. The van der Waals surface area contributed by atoms with Gasteiger partial charge in [0.1, 0.15) is 5.82 Å². The summed E-state index contributed by atoms with van der Waals surface area (Å²) in [5, 5.41) is 12.4. The van der Waals surface area contributed by atoms with Crippen LogP contribution in [0.15, 0.2) is 42.5 Å². The number of aliphatic hydroxyl groups excluding tert-OH is 1. The fraction of sp³-hybridized carbons (Fsp3) is 0.455. The van der Waals surface area contributed by atoms with Crippen molar-refractivity contribution in [1.29, 1.82) is 0 Å². The van der Waals surface area contributed by atoms with Crippen LogP contribution >= 0.6 is 0 Å². The van der Waals surface area contributed by atoms with Gasteiger partial charge in [0.25, 0.3) is 5.91 Å². The Morgan fingerprint density at radius 3 is 2.61 bits per heavy atom. The number of nitrogens with zero attached hydrogens (tertiary/aromatic N) is 3. The van der Waals surface area contributed by atoms with Gasteiger partial charge in [-0.25, -0.2) is 4.98 Å². The van der Waals surface area contributed by atoms with Gasteiger partial charge in [0.2, 0.25) is 0 Å². The average molecular weight is 383 g/mol. The topological polar surface area (TPSA) is 70.4 Å². The second kappa shape index (κ2) is 8.71. The van der Waals surface area contributed by atoms with Crippen molar-refractivity contribution in [1.82, 2.24) is 19.8 Å². The van der Waals surface area contributed by atoms with Crippen molar-refractivity contribution in [3.05, 3.63) is 53.9 Å². The Morgan fingerprint density at radius 2 is 2.00 bits per heavy atom. The molecule has 2 aromatic rings. The van der Waals surface area contributed by atoms with E-state index in [-0.39, 0.29) is 12.5 Å². The van der Waals surface area contributed by atoms with E-state index < -0.39 is 6.04 Å². The van der Waals surface area contributed by atoms with E-state index in [0.29, 0.717) is 23.7 Å². The fourth-order valence-corrected chi connectivity index (χ4v) is 3.63. The van der Waals surface area contributed by atoms with E-state index >= 15 is 0 Å². The van der Waals surface area contributed by atoms with Crippen LogP contribution in [0.5, 0.6) is 0 Å². The third-order valence-corrected chi connectivity index (χ3v) is 5.04. The minimum atomic E-state index is -0.472. The van der Waals surface area contributed by atoms with Gasteiger partial charge < -0.3 is 15.0 Å². The molecule has 0 aliphatic carbocycles. The molecule has 1 aliphatic rings. The Labute approximate surface area is 166 Å². The first-order chi connectivity index (χ1) is 13.4. The van der Waals surface area contributed by atoms with E-state index in [1.54, 1.807) is 6.92 Å². The predicted molar refractivity (Wildman–Crippen MR) is 111 cm³/mol. The summed E-state index contributed by atoms with van der Waals surface area (Å²) in [5.41, 5.74) is 3.08. The lowest BCUT2D eigenvalue weighted by atomic mass is 10.1. The molecular formula is C22H30N4O2. The Balaban J connectivity index is 1.98. The smallest absolute Gasteiger partial charge is 0.272 e. The zero-order valence-corrected chi connectivity index (χ0v) is 17.0. The molecule has 28 heavy (non-hydrogen) atoms. The summed E-state index contributed by atoms with van der Waals surface area (Å²) in [6.45, 7) is 13.3. The maximum absolute atomic E-state index is 13.0. The number of benzene rings is 1. The average Bonchev–Trinajstić information content (AvgIpc) is 3.05. The van der Waals surface area contributed by atoms with Crippen LogP contribution in [-0.2, 0) is 13.1 Å². The summed E-state index contributed by atoms with van der Waals surface area (Å²) in [7, 11) is 0. The van der Waals surface area contributed by atoms with E-state index in [2.05, 4.69) is 35.2 Å². The SMILES string of the molecule is C=C(C)[C@H](CO)NC(=O)c1nc(-c2ccccc2)n2c1CN(CC(C)C)CC2. The lowest BCUT2D eigenvalue weighted by molar-refractivity contribution is 0.0918. The summed E-state index contributed by atoms with van der Waals surface area (Å²) < 4.78 is 2.16. The van der Waals surface area contributed by atoms with Crippen molar-refractivity contribution in [3.63, 3.8) is 0 Å². The molecule has 2 heterocycles. The van der Waals surface area contributed by atoms with Crippen LogP contribution in [0.4, 0.5) is 0 Å². The van der Waals surface area contributed by atoms with Crippen LogP contribution in [0.25, 0.3) is 11.4 Å². The molecule has 1 amide bonds. The maximum atomic E-state index is 13.0. The zero-order chi connectivity index (χ0) is 20.3. The number of carbonyl (C=O) groups excluding carboxylic acids is 1. The predicted octanol–water partition coefficient (Wildman–Crippen LogP) is 2.69. The van der Waals surface area contributed by atoms with Crippen LogP contribution in [-0.4, -0.2) is 51.2 Å². The Morgan fingerprint density at radius 1 is 1.29 bits per heavy atom. The Hall–Kier alpha value is -2.44. The van der Waals surface area contributed by atoms with Crippen molar-refractivity contribution in [3.8, 4) is 11.4 Å². The molecule has 0 radical (unpaired) electrons. The van der Waals surface area contributed by atoms with Crippen molar-refractivity contribution in [2.24, 2.45) is 5.92 Å². The number of carbonyl (C=O) groups is 1. The molecule has 0 unspecified atom stereocenters. The second-order valence-electron chi connectivity index (χ2n) is 7.93. The molecule has 150 valence electrons. The van der Waals surface area contributed by atoms with Gasteiger partial charge >= 0.3 is 0 Å². The van der Waals surface area contributed by atoms with Crippen molar-refractivity contribution in [2.45, 2.75) is 39.9 Å². The van der Waals surface area contributed by atoms with Gasteiger partial charge in [-0.1, -0.05) is 56.3 Å². The number of nitrogens with one attached hydrogen (secondary N) is 1. The summed E-state index contributed by atoms with van der Waals surface area (Å²) in [4.78, 5) is 20.1. The summed E-state index contributed by atoms with van der Waals surface area (Å²) >= 11 is 0.